The second kappa shape index (κ2) is 6.62. The second-order valence-electron chi connectivity index (χ2n) is 4.41. The summed E-state index contributed by atoms with van der Waals surface area (Å²) in [5.74, 6) is 0. The highest BCUT2D eigenvalue weighted by Crippen LogP contribution is 2.12. The molecule has 0 amide bonds. The SMILES string of the molecule is CCCCc1ccccc1CNC(C)C. The summed E-state index contributed by atoms with van der Waals surface area (Å²) in [5.41, 5.74) is 2.96. The van der Waals surface area contributed by atoms with E-state index in [0.29, 0.717) is 6.04 Å². The van der Waals surface area contributed by atoms with E-state index in [-0.39, 0.29) is 0 Å². The molecule has 1 N–H and O–H groups in total. The molecule has 0 fully saturated rings. The predicted octanol–water partition coefficient (Wildman–Crippen LogP) is 3.53. The van der Waals surface area contributed by atoms with E-state index in [0.717, 1.165) is 6.54 Å². The molecule has 1 nitrogen and oxygen atoms in total. The molecule has 1 rings (SSSR count). The van der Waals surface area contributed by atoms with Gasteiger partial charge in [0.15, 0.2) is 0 Å². The minimum atomic E-state index is 0.559. The third-order valence-corrected chi connectivity index (χ3v) is 2.62. The molecule has 0 aliphatic rings. The van der Waals surface area contributed by atoms with Gasteiger partial charge in [-0.1, -0.05) is 51.5 Å². The molecular formula is C14H23N. The summed E-state index contributed by atoms with van der Waals surface area (Å²) in [5, 5.41) is 3.48. The molecule has 0 radical (unpaired) electrons. The Hall–Kier alpha value is -0.820. The molecular weight excluding hydrogens is 182 g/mol. The Morgan fingerprint density at radius 1 is 1.13 bits per heavy atom. The highest BCUT2D eigenvalue weighted by atomic mass is 14.9. The number of unbranched alkanes of at least 4 members (excludes halogenated alkanes) is 1. The molecule has 1 aromatic carbocycles. The van der Waals surface area contributed by atoms with Crippen LogP contribution in [0.15, 0.2) is 24.3 Å². The highest BCUT2D eigenvalue weighted by Gasteiger charge is 2.01. The number of rotatable bonds is 6. The summed E-state index contributed by atoms with van der Waals surface area (Å²) in [7, 11) is 0. The lowest BCUT2D eigenvalue weighted by molar-refractivity contribution is 0.585. The average molecular weight is 205 g/mol. The van der Waals surface area contributed by atoms with Crippen LogP contribution in [0.4, 0.5) is 0 Å². The number of hydrogen-bond acceptors (Lipinski definition) is 1. The number of hydrogen-bond donors (Lipinski definition) is 1. The van der Waals surface area contributed by atoms with Crippen LogP contribution in [0, 0.1) is 0 Å². The van der Waals surface area contributed by atoms with Gasteiger partial charge < -0.3 is 5.32 Å². The summed E-state index contributed by atoms with van der Waals surface area (Å²) in [6.07, 6.45) is 3.77. The lowest BCUT2D eigenvalue weighted by Crippen LogP contribution is -2.22. The van der Waals surface area contributed by atoms with Crippen molar-refractivity contribution in [1.82, 2.24) is 5.32 Å². The zero-order valence-corrected chi connectivity index (χ0v) is 10.2. The van der Waals surface area contributed by atoms with Gasteiger partial charge in [0.05, 0.1) is 0 Å². The quantitative estimate of drug-likeness (QED) is 0.749. The van der Waals surface area contributed by atoms with Crippen molar-refractivity contribution in [3.05, 3.63) is 35.4 Å². The van der Waals surface area contributed by atoms with Crippen LogP contribution in [0.5, 0.6) is 0 Å². The first-order valence-corrected chi connectivity index (χ1v) is 6.04. The molecule has 0 bridgehead atoms. The maximum absolute atomic E-state index is 3.48. The Bertz CT molecular complexity index is 278. The van der Waals surface area contributed by atoms with E-state index < -0.39 is 0 Å². The summed E-state index contributed by atoms with van der Waals surface area (Å²) in [4.78, 5) is 0. The van der Waals surface area contributed by atoms with Gasteiger partial charge in [-0.3, -0.25) is 0 Å². The molecule has 0 saturated carbocycles. The summed E-state index contributed by atoms with van der Waals surface area (Å²) in [6, 6.07) is 9.33. The van der Waals surface area contributed by atoms with E-state index in [1.807, 2.05) is 0 Å². The standard InChI is InChI=1S/C14H23N/c1-4-5-8-13-9-6-7-10-14(13)11-15-12(2)3/h6-7,9-10,12,15H,4-5,8,11H2,1-3H3. The van der Waals surface area contributed by atoms with Gasteiger partial charge >= 0.3 is 0 Å². The van der Waals surface area contributed by atoms with Crippen molar-refractivity contribution in [2.75, 3.05) is 0 Å². The third-order valence-electron chi connectivity index (χ3n) is 2.62. The molecule has 0 aliphatic heterocycles. The monoisotopic (exact) mass is 205 g/mol. The van der Waals surface area contributed by atoms with Gasteiger partial charge in [0.25, 0.3) is 0 Å². The molecule has 0 spiro atoms. The lowest BCUT2D eigenvalue weighted by atomic mass is 10.0. The molecule has 1 aromatic rings. The topological polar surface area (TPSA) is 12.0 Å². The smallest absolute Gasteiger partial charge is 0.0210 e. The van der Waals surface area contributed by atoms with Gasteiger partial charge in [-0.25, -0.2) is 0 Å². The molecule has 0 saturated heterocycles. The van der Waals surface area contributed by atoms with Crippen LogP contribution in [0.3, 0.4) is 0 Å². The number of nitrogens with one attached hydrogen (secondary N) is 1. The average Bonchev–Trinajstić information content (AvgIpc) is 2.24. The van der Waals surface area contributed by atoms with Crippen molar-refractivity contribution in [3.8, 4) is 0 Å². The largest absolute Gasteiger partial charge is 0.310 e. The van der Waals surface area contributed by atoms with Crippen LogP contribution < -0.4 is 5.32 Å². The number of aryl methyl sites for hydroxylation is 1. The third kappa shape index (κ3) is 4.48. The molecule has 0 aromatic heterocycles. The molecule has 1 heteroatoms. The van der Waals surface area contributed by atoms with Crippen molar-refractivity contribution in [1.29, 1.82) is 0 Å². The first kappa shape index (κ1) is 12.3. The first-order valence-electron chi connectivity index (χ1n) is 6.04. The lowest BCUT2D eigenvalue weighted by Gasteiger charge is -2.12. The molecule has 0 unspecified atom stereocenters. The first-order chi connectivity index (χ1) is 7.24. The van der Waals surface area contributed by atoms with E-state index in [4.69, 9.17) is 0 Å². The summed E-state index contributed by atoms with van der Waals surface area (Å²) < 4.78 is 0. The Balaban J connectivity index is 2.59. The van der Waals surface area contributed by atoms with Gasteiger partial charge in [-0.15, -0.1) is 0 Å². The predicted molar refractivity (Wildman–Crippen MR) is 67.0 cm³/mol. The van der Waals surface area contributed by atoms with Crippen molar-refractivity contribution in [2.45, 2.75) is 52.6 Å². The van der Waals surface area contributed by atoms with Gasteiger partial charge in [-0.05, 0) is 24.0 Å². The van der Waals surface area contributed by atoms with Crippen molar-refractivity contribution in [3.63, 3.8) is 0 Å². The zero-order chi connectivity index (χ0) is 11.1. The van der Waals surface area contributed by atoms with E-state index in [1.54, 1.807) is 0 Å². The molecule has 0 aliphatic carbocycles. The summed E-state index contributed by atoms with van der Waals surface area (Å²) in [6.45, 7) is 7.62. The normalized spacial score (nSPS) is 10.9. The summed E-state index contributed by atoms with van der Waals surface area (Å²) >= 11 is 0. The van der Waals surface area contributed by atoms with Crippen molar-refractivity contribution < 1.29 is 0 Å². The van der Waals surface area contributed by atoms with Crippen molar-refractivity contribution in [2.24, 2.45) is 0 Å². The van der Waals surface area contributed by atoms with Gasteiger partial charge in [0.1, 0.15) is 0 Å². The van der Waals surface area contributed by atoms with E-state index in [9.17, 15) is 0 Å². The maximum atomic E-state index is 3.48. The Labute approximate surface area is 93.9 Å². The fourth-order valence-corrected chi connectivity index (χ4v) is 1.66. The van der Waals surface area contributed by atoms with Crippen LogP contribution in [0.25, 0.3) is 0 Å². The van der Waals surface area contributed by atoms with Gasteiger partial charge in [-0.2, -0.15) is 0 Å². The van der Waals surface area contributed by atoms with Crippen LogP contribution in [-0.2, 0) is 13.0 Å². The minimum Gasteiger partial charge on any atom is -0.310 e. The minimum absolute atomic E-state index is 0.559. The zero-order valence-electron chi connectivity index (χ0n) is 10.2. The Morgan fingerprint density at radius 3 is 2.40 bits per heavy atom. The van der Waals surface area contributed by atoms with Crippen LogP contribution in [0.2, 0.25) is 0 Å². The highest BCUT2D eigenvalue weighted by molar-refractivity contribution is 5.27. The van der Waals surface area contributed by atoms with Crippen LogP contribution >= 0.6 is 0 Å². The Kier molecular flexibility index (Phi) is 5.41. The second-order valence-corrected chi connectivity index (χ2v) is 4.41. The molecule has 84 valence electrons. The molecule has 0 atom stereocenters. The van der Waals surface area contributed by atoms with E-state index in [1.165, 1.54) is 30.4 Å². The van der Waals surface area contributed by atoms with Gasteiger partial charge in [0.2, 0.25) is 0 Å². The molecule has 0 heterocycles. The fourth-order valence-electron chi connectivity index (χ4n) is 1.66. The van der Waals surface area contributed by atoms with Crippen LogP contribution in [0.1, 0.15) is 44.7 Å². The fraction of sp³-hybridized carbons (Fsp3) is 0.571. The number of benzene rings is 1. The van der Waals surface area contributed by atoms with E-state index in [2.05, 4.69) is 50.4 Å². The van der Waals surface area contributed by atoms with Crippen LogP contribution in [-0.4, -0.2) is 6.04 Å². The molecule has 15 heavy (non-hydrogen) atoms. The van der Waals surface area contributed by atoms with Crippen molar-refractivity contribution >= 4 is 0 Å². The Morgan fingerprint density at radius 2 is 1.80 bits per heavy atom. The van der Waals surface area contributed by atoms with Gasteiger partial charge in [0, 0.05) is 12.6 Å². The van der Waals surface area contributed by atoms with E-state index >= 15 is 0 Å². The maximum Gasteiger partial charge on any atom is 0.0210 e.